The first-order chi connectivity index (χ1) is 19.2. The van der Waals surface area contributed by atoms with Crippen LogP contribution in [-0.2, 0) is 24.1 Å². The molecule has 0 radical (unpaired) electrons. The van der Waals surface area contributed by atoms with E-state index in [0.29, 0.717) is 22.5 Å². The van der Waals surface area contributed by atoms with E-state index in [0.717, 1.165) is 16.0 Å². The second-order valence-electron chi connectivity index (χ2n) is 9.50. The zero-order valence-electron chi connectivity index (χ0n) is 21.6. The van der Waals surface area contributed by atoms with Crippen molar-refractivity contribution < 1.29 is 18.0 Å². The van der Waals surface area contributed by atoms with Gasteiger partial charge in [-0.2, -0.15) is 23.5 Å². The molecule has 0 aliphatic carbocycles. The fraction of sp³-hybridized carbons (Fsp3) is 0.233. The van der Waals surface area contributed by atoms with Crippen molar-refractivity contribution in [3.05, 3.63) is 111 Å². The van der Waals surface area contributed by atoms with Crippen LogP contribution in [0.2, 0.25) is 0 Å². The summed E-state index contributed by atoms with van der Waals surface area (Å²) in [5.41, 5.74) is 8.02. The number of hydrogen-bond acceptors (Lipinski definition) is 5. The van der Waals surface area contributed by atoms with Crippen LogP contribution in [0.1, 0.15) is 51.0 Å². The number of hydrogen-bond donors (Lipinski definition) is 1. The van der Waals surface area contributed by atoms with Crippen molar-refractivity contribution in [1.82, 2.24) is 14.7 Å². The summed E-state index contributed by atoms with van der Waals surface area (Å²) in [6, 6.07) is 19.8. The highest BCUT2D eigenvalue weighted by Gasteiger charge is 2.39. The third-order valence-corrected chi connectivity index (χ3v) is 8.03. The number of aryl methyl sites for hydroxylation is 1. The Hall–Kier alpha value is -4.20. The summed E-state index contributed by atoms with van der Waals surface area (Å²) in [6.45, 7) is 2.55. The molecule has 0 bridgehead atoms. The Bertz CT molecular complexity index is 1600. The first-order valence-corrected chi connectivity index (χ1v) is 13.6. The maximum atomic E-state index is 14.0. The number of nitrogens with two attached hydrogens (primary N) is 1. The maximum absolute atomic E-state index is 14.0. The lowest BCUT2D eigenvalue weighted by molar-refractivity contribution is -0.141. The molecule has 2 aromatic carbocycles. The monoisotopic (exact) mass is 561 g/mol. The third kappa shape index (κ3) is 5.43. The van der Waals surface area contributed by atoms with Crippen LogP contribution in [0.25, 0.3) is 11.1 Å². The summed E-state index contributed by atoms with van der Waals surface area (Å²) in [5, 5.41) is 13.4. The van der Waals surface area contributed by atoms with Crippen LogP contribution in [0, 0.1) is 11.3 Å². The first-order valence-electron chi connectivity index (χ1n) is 12.7. The minimum absolute atomic E-state index is 0.0144. The van der Waals surface area contributed by atoms with Crippen molar-refractivity contribution in [3.63, 3.8) is 0 Å². The Labute approximate surface area is 233 Å². The van der Waals surface area contributed by atoms with Gasteiger partial charge in [0, 0.05) is 47.8 Å². The molecule has 10 heteroatoms. The van der Waals surface area contributed by atoms with Crippen LogP contribution in [0.3, 0.4) is 0 Å². The number of aromatic nitrogens is 2. The van der Waals surface area contributed by atoms with E-state index in [2.05, 4.69) is 11.2 Å². The van der Waals surface area contributed by atoms with Gasteiger partial charge in [-0.1, -0.05) is 60.7 Å². The van der Waals surface area contributed by atoms with Crippen LogP contribution >= 0.6 is 11.3 Å². The molecule has 2 aromatic heterocycles. The topological polar surface area (TPSA) is 87.9 Å². The van der Waals surface area contributed by atoms with Gasteiger partial charge in [-0.05, 0) is 35.2 Å². The lowest BCUT2D eigenvalue weighted by atomic mass is 9.83. The predicted molar refractivity (Wildman–Crippen MR) is 147 cm³/mol. The van der Waals surface area contributed by atoms with E-state index in [-0.39, 0.29) is 24.6 Å². The molecule has 4 aromatic rings. The van der Waals surface area contributed by atoms with Crippen molar-refractivity contribution in [1.29, 1.82) is 5.26 Å². The van der Waals surface area contributed by atoms with E-state index in [4.69, 9.17) is 5.73 Å². The van der Waals surface area contributed by atoms with Crippen LogP contribution in [-0.4, -0.2) is 27.1 Å². The lowest BCUT2D eigenvalue weighted by Gasteiger charge is -2.33. The third-order valence-electron chi connectivity index (χ3n) is 6.99. The van der Waals surface area contributed by atoms with Crippen molar-refractivity contribution >= 4 is 17.2 Å². The van der Waals surface area contributed by atoms with Crippen molar-refractivity contribution in [2.75, 3.05) is 6.54 Å². The SMILES string of the molecule is CCn1cc(-c2ccccc2[C@@H]2CN(C(=O)/C=C/C(N)c3ccccc3)Cc3sc(C#N)cc32)c(C(F)(F)F)n1. The minimum atomic E-state index is -4.64. The van der Waals surface area contributed by atoms with E-state index in [1.807, 2.05) is 30.3 Å². The summed E-state index contributed by atoms with van der Waals surface area (Å²) in [5.74, 6) is -0.703. The molecule has 0 saturated heterocycles. The van der Waals surface area contributed by atoms with Gasteiger partial charge in [0.25, 0.3) is 0 Å². The Balaban J connectivity index is 1.54. The normalized spacial score (nSPS) is 16.1. The highest BCUT2D eigenvalue weighted by atomic mass is 32.1. The van der Waals surface area contributed by atoms with E-state index < -0.39 is 23.8 Å². The summed E-state index contributed by atoms with van der Waals surface area (Å²) >= 11 is 1.29. The smallest absolute Gasteiger partial charge is 0.333 e. The number of nitrogens with zero attached hydrogens (tertiary/aromatic N) is 4. The molecule has 0 spiro atoms. The van der Waals surface area contributed by atoms with Gasteiger partial charge in [0.2, 0.25) is 5.91 Å². The number of amides is 1. The summed E-state index contributed by atoms with van der Waals surface area (Å²) in [7, 11) is 0. The Morgan fingerprint density at radius 3 is 2.60 bits per heavy atom. The molecule has 1 aliphatic heterocycles. The minimum Gasteiger partial charge on any atom is -0.333 e. The second kappa shape index (κ2) is 11.1. The van der Waals surface area contributed by atoms with E-state index >= 15 is 0 Å². The Morgan fingerprint density at radius 2 is 1.90 bits per heavy atom. The number of thiophene rings is 1. The van der Waals surface area contributed by atoms with Gasteiger partial charge in [0.05, 0.1) is 6.54 Å². The molecule has 204 valence electrons. The Kier molecular flexibility index (Phi) is 7.61. The number of carbonyl (C=O) groups is 1. The van der Waals surface area contributed by atoms with Gasteiger partial charge < -0.3 is 10.6 Å². The largest absolute Gasteiger partial charge is 0.435 e. The second-order valence-corrected chi connectivity index (χ2v) is 10.6. The molecular formula is C30H26F3N5OS. The van der Waals surface area contributed by atoms with E-state index in [1.54, 1.807) is 48.2 Å². The number of benzene rings is 2. The van der Waals surface area contributed by atoms with Crippen molar-refractivity contribution in [2.45, 2.75) is 38.1 Å². The highest BCUT2D eigenvalue weighted by Crippen LogP contribution is 2.44. The van der Waals surface area contributed by atoms with Crippen LogP contribution in [0.4, 0.5) is 13.2 Å². The number of carbonyl (C=O) groups excluding carboxylic acids is 1. The number of fused-ring (bicyclic) bond motifs is 1. The molecule has 5 rings (SSSR count). The van der Waals surface area contributed by atoms with Crippen LogP contribution in [0.15, 0.2) is 79.0 Å². The van der Waals surface area contributed by atoms with Gasteiger partial charge >= 0.3 is 6.18 Å². The quantitative estimate of drug-likeness (QED) is 0.282. The molecule has 1 unspecified atom stereocenters. The number of rotatable bonds is 6. The summed E-state index contributed by atoms with van der Waals surface area (Å²) in [6.07, 6.45) is -0.144. The molecule has 0 saturated carbocycles. The van der Waals surface area contributed by atoms with E-state index in [1.165, 1.54) is 28.3 Å². The molecular weight excluding hydrogens is 535 g/mol. The molecule has 6 nitrogen and oxygen atoms in total. The standard InChI is InChI=1S/C30H26F3N5OS/c1-2-38-17-25(29(36-38)30(31,32)33)22-11-7-6-10-21(22)24-16-37(18-27-23(24)14-20(15-34)40-27)28(39)13-12-26(35)19-8-4-3-5-9-19/h3-14,17,24,26H,2,16,18,35H2,1H3/b13-12+/t24-,26?/m0/s1. The molecule has 3 heterocycles. The van der Waals surface area contributed by atoms with Gasteiger partial charge in [-0.25, -0.2) is 0 Å². The first kappa shape index (κ1) is 27.4. The molecule has 1 amide bonds. The van der Waals surface area contributed by atoms with E-state index in [9.17, 15) is 23.2 Å². The average molecular weight is 562 g/mol. The molecule has 1 aliphatic rings. The van der Waals surface area contributed by atoms with Crippen LogP contribution in [0.5, 0.6) is 0 Å². The highest BCUT2D eigenvalue weighted by molar-refractivity contribution is 7.12. The fourth-order valence-corrected chi connectivity index (χ4v) is 6.06. The van der Waals surface area contributed by atoms with Gasteiger partial charge in [0.15, 0.2) is 5.69 Å². The lowest BCUT2D eigenvalue weighted by Crippen LogP contribution is -2.37. The Morgan fingerprint density at radius 1 is 1.18 bits per heavy atom. The molecule has 2 N–H and O–H groups in total. The molecule has 2 atom stereocenters. The number of nitriles is 1. The molecule has 0 fully saturated rings. The van der Waals surface area contributed by atoms with Gasteiger partial charge in [0.1, 0.15) is 10.9 Å². The fourth-order valence-electron chi connectivity index (χ4n) is 5.02. The number of halogens is 3. The van der Waals surface area contributed by atoms with Gasteiger partial charge in [-0.15, -0.1) is 11.3 Å². The number of alkyl halides is 3. The summed E-state index contributed by atoms with van der Waals surface area (Å²) < 4.78 is 43.3. The average Bonchev–Trinajstić information content (AvgIpc) is 3.60. The van der Waals surface area contributed by atoms with Gasteiger partial charge in [-0.3, -0.25) is 9.48 Å². The molecule has 40 heavy (non-hydrogen) atoms. The van der Waals surface area contributed by atoms with Crippen molar-refractivity contribution in [3.8, 4) is 17.2 Å². The summed E-state index contributed by atoms with van der Waals surface area (Å²) in [4.78, 5) is 16.3. The van der Waals surface area contributed by atoms with Crippen LogP contribution < -0.4 is 5.73 Å². The zero-order chi connectivity index (χ0) is 28.4. The predicted octanol–water partition coefficient (Wildman–Crippen LogP) is 6.25. The maximum Gasteiger partial charge on any atom is 0.435 e. The van der Waals surface area contributed by atoms with Crippen molar-refractivity contribution in [2.24, 2.45) is 5.73 Å². The zero-order valence-corrected chi connectivity index (χ0v) is 22.4.